The molecule has 3 heteroatoms. The highest BCUT2D eigenvalue weighted by Crippen LogP contribution is 2.32. The topological polar surface area (TPSA) is 30.5 Å². The van der Waals surface area contributed by atoms with Crippen LogP contribution in [0.2, 0.25) is 0 Å². The van der Waals surface area contributed by atoms with Gasteiger partial charge in [-0.3, -0.25) is 0 Å². The monoisotopic (exact) mass is 277 g/mol. The fraction of sp³-hybridized carbons (Fsp3) is 0.647. The maximum absolute atomic E-state index is 5.34. The molecule has 1 aliphatic carbocycles. The Hall–Kier alpha value is -1.06. The lowest BCUT2D eigenvalue weighted by molar-refractivity contribution is 0.154. The molecule has 0 saturated carbocycles. The molecule has 1 aromatic rings. The van der Waals surface area contributed by atoms with Crippen molar-refractivity contribution in [2.24, 2.45) is 0 Å². The van der Waals surface area contributed by atoms with Gasteiger partial charge in [0.05, 0.1) is 13.7 Å². The van der Waals surface area contributed by atoms with Gasteiger partial charge >= 0.3 is 0 Å². The zero-order chi connectivity index (χ0) is 14.4. The molecule has 2 atom stereocenters. The number of fused-ring (bicyclic) bond motifs is 1. The molecule has 0 aliphatic heterocycles. The van der Waals surface area contributed by atoms with Crippen molar-refractivity contribution in [3.05, 3.63) is 29.3 Å². The van der Waals surface area contributed by atoms with Gasteiger partial charge in [0.25, 0.3) is 0 Å². The number of hydrogen-bond acceptors (Lipinski definition) is 3. The van der Waals surface area contributed by atoms with E-state index < -0.39 is 0 Å². The standard InChI is InChI=1S/C17H27NO2/c1-4-6-14(12-19-2)18-17-8-5-7-13-11-15(20-3)9-10-16(13)17/h9-11,14,17-18H,4-8,12H2,1-3H3. The van der Waals surface area contributed by atoms with Crippen molar-refractivity contribution in [3.8, 4) is 5.75 Å². The number of hydrogen-bond donors (Lipinski definition) is 1. The number of benzene rings is 1. The third kappa shape index (κ3) is 3.74. The van der Waals surface area contributed by atoms with E-state index in [-0.39, 0.29) is 0 Å². The molecule has 1 aromatic carbocycles. The Balaban J connectivity index is 2.10. The summed E-state index contributed by atoms with van der Waals surface area (Å²) in [7, 11) is 3.51. The van der Waals surface area contributed by atoms with Crippen LogP contribution in [-0.4, -0.2) is 26.9 Å². The molecule has 1 aliphatic rings. The lowest BCUT2D eigenvalue weighted by atomic mass is 9.87. The lowest BCUT2D eigenvalue weighted by Gasteiger charge is -2.30. The molecule has 0 aromatic heterocycles. The minimum atomic E-state index is 0.447. The Morgan fingerprint density at radius 3 is 2.90 bits per heavy atom. The molecule has 0 fully saturated rings. The second-order valence-corrected chi connectivity index (χ2v) is 5.62. The van der Waals surface area contributed by atoms with Crippen molar-refractivity contribution >= 4 is 0 Å². The van der Waals surface area contributed by atoms with Crippen LogP contribution in [-0.2, 0) is 11.2 Å². The van der Waals surface area contributed by atoms with Crippen LogP contribution in [0.1, 0.15) is 49.8 Å². The minimum Gasteiger partial charge on any atom is -0.497 e. The summed E-state index contributed by atoms with van der Waals surface area (Å²) in [6.45, 7) is 3.01. The second-order valence-electron chi connectivity index (χ2n) is 5.62. The molecule has 1 N–H and O–H groups in total. The van der Waals surface area contributed by atoms with E-state index in [0.717, 1.165) is 25.2 Å². The number of rotatable bonds is 7. The highest BCUT2D eigenvalue weighted by atomic mass is 16.5. The molecule has 0 heterocycles. The fourth-order valence-electron chi connectivity index (χ4n) is 3.14. The van der Waals surface area contributed by atoms with Crippen molar-refractivity contribution in [1.29, 1.82) is 0 Å². The summed E-state index contributed by atoms with van der Waals surface area (Å²) in [6, 6.07) is 7.39. The average molecular weight is 277 g/mol. The summed E-state index contributed by atoms with van der Waals surface area (Å²) in [4.78, 5) is 0. The first-order valence-electron chi connectivity index (χ1n) is 7.70. The Morgan fingerprint density at radius 1 is 1.35 bits per heavy atom. The summed E-state index contributed by atoms with van der Waals surface area (Å²) < 4.78 is 10.7. The van der Waals surface area contributed by atoms with E-state index in [4.69, 9.17) is 9.47 Å². The van der Waals surface area contributed by atoms with Crippen LogP contribution in [0.25, 0.3) is 0 Å². The molecule has 2 unspecified atom stereocenters. The fourth-order valence-corrected chi connectivity index (χ4v) is 3.14. The average Bonchev–Trinajstić information content (AvgIpc) is 2.47. The highest BCUT2D eigenvalue weighted by Gasteiger charge is 2.22. The molecule has 0 amide bonds. The molecule has 0 spiro atoms. The summed E-state index contributed by atoms with van der Waals surface area (Å²) in [5.41, 5.74) is 2.87. The van der Waals surface area contributed by atoms with Crippen molar-refractivity contribution in [3.63, 3.8) is 0 Å². The van der Waals surface area contributed by atoms with Crippen molar-refractivity contribution in [2.75, 3.05) is 20.8 Å². The van der Waals surface area contributed by atoms with E-state index in [1.165, 1.54) is 30.4 Å². The third-order valence-electron chi connectivity index (χ3n) is 4.11. The van der Waals surface area contributed by atoms with Gasteiger partial charge < -0.3 is 14.8 Å². The maximum Gasteiger partial charge on any atom is 0.119 e. The van der Waals surface area contributed by atoms with E-state index in [9.17, 15) is 0 Å². The SMILES string of the molecule is CCCC(COC)NC1CCCc2cc(OC)ccc21. The molecule has 20 heavy (non-hydrogen) atoms. The zero-order valence-corrected chi connectivity index (χ0v) is 12.9. The van der Waals surface area contributed by atoms with Gasteiger partial charge in [0.15, 0.2) is 0 Å². The van der Waals surface area contributed by atoms with E-state index >= 15 is 0 Å². The van der Waals surface area contributed by atoms with Gasteiger partial charge in [-0.2, -0.15) is 0 Å². The first kappa shape index (κ1) is 15.3. The van der Waals surface area contributed by atoms with Crippen LogP contribution < -0.4 is 10.1 Å². The van der Waals surface area contributed by atoms with E-state index in [1.807, 2.05) is 0 Å². The van der Waals surface area contributed by atoms with Crippen LogP contribution in [0.5, 0.6) is 5.75 Å². The first-order valence-corrected chi connectivity index (χ1v) is 7.70. The van der Waals surface area contributed by atoms with E-state index in [2.05, 4.69) is 30.4 Å². The Labute approximate surface area is 122 Å². The molecule has 0 bridgehead atoms. The van der Waals surface area contributed by atoms with Crippen molar-refractivity contribution in [2.45, 2.75) is 51.1 Å². The largest absolute Gasteiger partial charge is 0.497 e. The lowest BCUT2D eigenvalue weighted by Crippen LogP contribution is -2.37. The highest BCUT2D eigenvalue weighted by molar-refractivity contribution is 5.39. The van der Waals surface area contributed by atoms with Crippen LogP contribution in [0, 0.1) is 0 Å². The molecule has 3 nitrogen and oxygen atoms in total. The van der Waals surface area contributed by atoms with Crippen molar-refractivity contribution < 1.29 is 9.47 Å². The van der Waals surface area contributed by atoms with Crippen LogP contribution in [0.3, 0.4) is 0 Å². The van der Waals surface area contributed by atoms with Crippen molar-refractivity contribution in [1.82, 2.24) is 5.32 Å². The zero-order valence-electron chi connectivity index (χ0n) is 12.9. The molecular formula is C17H27NO2. The molecule has 2 rings (SSSR count). The van der Waals surface area contributed by atoms with E-state index in [1.54, 1.807) is 14.2 Å². The summed E-state index contributed by atoms with van der Waals surface area (Å²) in [5, 5.41) is 3.79. The van der Waals surface area contributed by atoms with Gasteiger partial charge in [-0.15, -0.1) is 0 Å². The second kappa shape index (κ2) is 7.65. The maximum atomic E-state index is 5.34. The smallest absolute Gasteiger partial charge is 0.119 e. The molecule has 112 valence electrons. The molecular weight excluding hydrogens is 250 g/mol. The van der Waals surface area contributed by atoms with Gasteiger partial charge in [-0.05, 0) is 48.9 Å². The predicted molar refractivity (Wildman–Crippen MR) is 82.4 cm³/mol. The van der Waals surface area contributed by atoms with Crippen LogP contribution >= 0.6 is 0 Å². The summed E-state index contributed by atoms with van der Waals surface area (Å²) in [6.07, 6.45) is 5.96. The van der Waals surface area contributed by atoms with Gasteiger partial charge in [0.1, 0.15) is 5.75 Å². The number of nitrogens with one attached hydrogen (secondary N) is 1. The van der Waals surface area contributed by atoms with Gasteiger partial charge in [-0.1, -0.05) is 19.4 Å². The quantitative estimate of drug-likeness (QED) is 0.827. The number of aryl methyl sites for hydroxylation is 1. The van der Waals surface area contributed by atoms with E-state index in [0.29, 0.717) is 12.1 Å². The van der Waals surface area contributed by atoms with Gasteiger partial charge in [-0.25, -0.2) is 0 Å². The Bertz CT molecular complexity index is 413. The number of methoxy groups -OCH3 is 2. The molecule has 0 radical (unpaired) electrons. The minimum absolute atomic E-state index is 0.447. The first-order chi connectivity index (χ1) is 9.78. The van der Waals surface area contributed by atoms with Gasteiger partial charge in [0.2, 0.25) is 0 Å². The normalized spacial score (nSPS) is 19.4. The predicted octanol–water partition coefficient (Wildman–Crippen LogP) is 3.48. The van der Waals surface area contributed by atoms with Gasteiger partial charge in [0, 0.05) is 19.2 Å². The summed E-state index contributed by atoms with van der Waals surface area (Å²) >= 11 is 0. The Morgan fingerprint density at radius 2 is 2.20 bits per heavy atom. The van der Waals surface area contributed by atoms with Crippen LogP contribution in [0.15, 0.2) is 18.2 Å². The summed E-state index contributed by atoms with van der Waals surface area (Å²) in [5.74, 6) is 0.964. The Kier molecular flexibility index (Phi) is 5.86. The third-order valence-corrected chi connectivity index (χ3v) is 4.11. The van der Waals surface area contributed by atoms with Crippen LogP contribution in [0.4, 0.5) is 0 Å². The molecule has 0 saturated heterocycles. The number of ether oxygens (including phenoxy) is 2.